The van der Waals surface area contributed by atoms with Gasteiger partial charge in [0.2, 0.25) is 0 Å². The van der Waals surface area contributed by atoms with E-state index in [1.54, 1.807) is 4.90 Å². The number of rotatable bonds is 2. The Kier molecular flexibility index (Phi) is 3.35. The van der Waals surface area contributed by atoms with Crippen molar-refractivity contribution in [2.45, 2.75) is 43.4 Å². The average Bonchev–Trinajstić information content (AvgIpc) is 2.93. The minimum atomic E-state index is 0.0742. The molecule has 2 aliphatic rings. The minimum absolute atomic E-state index is 0.0742. The fourth-order valence-corrected chi connectivity index (χ4v) is 3.23. The van der Waals surface area contributed by atoms with Crippen molar-refractivity contribution in [1.82, 2.24) is 14.9 Å². The molecule has 1 aromatic heterocycles. The summed E-state index contributed by atoms with van der Waals surface area (Å²) in [4.78, 5) is 25.0. The smallest absolute Gasteiger partial charge is 0.323 e. The molecule has 2 amide bonds. The fourth-order valence-electron chi connectivity index (χ4n) is 2.89. The normalized spacial score (nSPS) is 20.0. The third kappa shape index (κ3) is 2.18. The number of nitrogens with zero attached hydrogens (tertiary/aromatic N) is 4. The summed E-state index contributed by atoms with van der Waals surface area (Å²) in [6.45, 7) is 0.603. The molecule has 1 saturated carbocycles. The van der Waals surface area contributed by atoms with Gasteiger partial charge in [0.05, 0.1) is 6.54 Å². The highest BCUT2D eigenvalue weighted by molar-refractivity contribution is 7.98. The van der Waals surface area contributed by atoms with Crippen molar-refractivity contribution in [2.75, 3.05) is 18.2 Å². The van der Waals surface area contributed by atoms with Crippen molar-refractivity contribution in [3.63, 3.8) is 0 Å². The lowest BCUT2D eigenvalue weighted by atomic mass is 10.1. The summed E-state index contributed by atoms with van der Waals surface area (Å²) in [5.74, 6) is 0.828. The van der Waals surface area contributed by atoms with Gasteiger partial charge in [0.1, 0.15) is 5.82 Å². The molecule has 0 saturated heterocycles. The molecular weight excluding hydrogens is 260 g/mol. The van der Waals surface area contributed by atoms with Gasteiger partial charge in [-0.3, -0.25) is 4.90 Å². The van der Waals surface area contributed by atoms with Crippen LogP contribution in [0.15, 0.2) is 11.4 Å². The van der Waals surface area contributed by atoms with E-state index >= 15 is 0 Å². The van der Waals surface area contributed by atoms with Gasteiger partial charge in [-0.2, -0.15) is 0 Å². The molecule has 0 spiro atoms. The minimum Gasteiger partial charge on any atom is -0.323 e. The van der Waals surface area contributed by atoms with Crippen LogP contribution in [0.5, 0.6) is 0 Å². The number of urea groups is 1. The largest absolute Gasteiger partial charge is 0.325 e. The molecule has 102 valence electrons. The van der Waals surface area contributed by atoms with E-state index in [9.17, 15) is 4.79 Å². The van der Waals surface area contributed by atoms with Gasteiger partial charge < -0.3 is 4.90 Å². The Morgan fingerprint density at radius 3 is 2.79 bits per heavy atom. The summed E-state index contributed by atoms with van der Waals surface area (Å²) in [6.07, 6.45) is 8.38. The Balaban J connectivity index is 2.04. The van der Waals surface area contributed by atoms with Crippen LogP contribution in [0, 0.1) is 0 Å². The second-order valence-corrected chi connectivity index (χ2v) is 5.93. The van der Waals surface area contributed by atoms with Gasteiger partial charge in [0.15, 0.2) is 5.16 Å². The first-order valence-corrected chi connectivity index (χ1v) is 7.87. The summed E-state index contributed by atoms with van der Waals surface area (Å²) < 4.78 is 0. The van der Waals surface area contributed by atoms with Crippen LogP contribution < -0.4 is 4.90 Å². The number of hydrogen-bond acceptors (Lipinski definition) is 4. The summed E-state index contributed by atoms with van der Waals surface area (Å²) in [6, 6.07) is 0.378. The Morgan fingerprint density at radius 1 is 1.37 bits per heavy atom. The zero-order chi connectivity index (χ0) is 13.4. The molecule has 0 N–H and O–H groups in total. The van der Waals surface area contributed by atoms with Crippen molar-refractivity contribution in [3.05, 3.63) is 11.8 Å². The van der Waals surface area contributed by atoms with Gasteiger partial charge in [0, 0.05) is 24.8 Å². The van der Waals surface area contributed by atoms with Crippen LogP contribution >= 0.6 is 11.8 Å². The third-order valence-electron chi connectivity index (χ3n) is 3.86. The highest BCUT2D eigenvalue weighted by Crippen LogP contribution is 2.34. The second-order valence-electron chi connectivity index (χ2n) is 5.15. The van der Waals surface area contributed by atoms with E-state index in [0.717, 1.165) is 29.4 Å². The standard InChI is InChI=1S/C13H18N4OS/c1-16-8-9-7-14-12(19-2)15-11(9)17(13(16)18)10-5-3-4-6-10/h7,10H,3-6,8H2,1-2H3. The highest BCUT2D eigenvalue weighted by Gasteiger charge is 2.36. The molecule has 0 radical (unpaired) electrons. The lowest BCUT2D eigenvalue weighted by molar-refractivity contribution is 0.207. The first-order valence-electron chi connectivity index (χ1n) is 6.65. The topological polar surface area (TPSA) is 49.3 Å². The molecule has 0 bridgehead atoms. The second kappa shape index (κ2) is 5.00. The molecule has 0 aromatic carbocycles. The first-order chi connectivity index (χ1) is 9.20. The molecule has 1 fully saturated rings. The van der Waals surface area contributed by atoms with Gasteiger partial charge in [-0.05, 0) is 19.1 Å². The van der Waals surface area contributed by atoms with Crippen molar-refractivity contribution in [1.29, 1.82) is 0 Å². The third-order valence-corrected chi connectivity index (χ3v) is 4.42. The number of carbonyl (C=O) groups excluding carboxylic acids is 1. The zero-order valence-corrected chi connectivity index (χ0v) is 12.1. The van der Waals surface area contributed by atoms with E-state index < -0.39 is 0 Å². The lowest BCUT2D eigenvalue weighted by Gasteiger charge is -2.37. The van der Waals surface area contributed by atoms with Crippen molar-refractivity contribution in [3.8, 4) is 0 Å². The van der Waals surface area contributed by atoms with Crippen LogP contribution in [0.3, 0.4) is 0 Å². The predicted molar refractivity (Wildman–Crippen MR) is 75.4 cm³/mol. The number of fused-ring (bicyclic) bond motifs is 1. The van der Waals surface area contributed by atoms with Crippen LogP contribution in [0.1, 0.15) is 31.2 Å². The SMILES string of the molecule is CSc1ncc2c(n1)N(C1CCCC1)C(=O)N(C)C2. The molecular formula is C13H18N4OS. The van der Waals surface area contributed by atoms with Crippen LogP contribution in [0.4, 0.5) is 10.6 Å². The quantitative estimate of drug-likeness (QED) is 0.616. The zero-order valence-electron chi connectivity index (χ0n) is 11.3. The van der Waals surface area contributed by atoms with E-state index in [0.29, 0.717) is 12.6 Å². The van der Waals surface area contributed by atoms with Crippen LogP contribution in [0.2, 0.25) is 0 Å². The lowest BCUT2D eigenvalue weighted by Crippen LogP contribution is -2.50. The number of thioether (sulfide) groups is 1. The molecule has 5 nitrogen and oxygen atoms in total. The number of hydrogen-bond donors (Lipinski definition) is 0. The summed E-state index contributed by atoms with van der Waals surface area (Å²) >= 11 is 1.51. The number of anilines is 1. The molecule has 2 heterocycles. The highest BCUT2D eigenvalue weighted by atomic mass is 32.2. The van der Waals surface area contributed by atoms with E-state index in [-0.39, 0.29) is 6.03 Å². The number of amides is 2. The molecule has 3 rings (SSSR count). The summed E-state index contributed by atoms with van der Waals surface area (Å²) in [7, 11) is 1.84. The Hall–Kier alpha value is -1.30. The van der Waals surface area contributed by atoms with Crippen LogP contribution in [0.25, 0.3) is 0 Å². The summed E-state index contributed by atoms with van der Waals surface area (Å²) in [5.41, 5.74) is 1.05. The van der Waals surface area contributed by atoms with Gasteiger partial charge >= 0.3 is 6.03 Å². The maximum Gasteiger partial charge on any atom is 0.325 e. The van der Waals surface area contributed by atoms with Crippen molar-refractivity contribution in [2.24, 2.45) is 0 Å². The predicted octanol–water partition coefficient (Wildman–Crippen LogP) is 2.51. The maximum atomic E-state index is 12.5. The number of carbonyl (C=O) groups is 1. The van der Waals surface area contributed by atoms with Crippen LogP contribution in [-0.2, 0) is 6.54 Å². The first kappa shape index (κ1) is 12.7. The Labute approximate surface area is 117 Å². The molecule has 1 aromatic rings. The molecule has 0 atom stereocenters. The van der Waals surface area contributed by atoms with E-state index in [1.807, 2.05) is 24.4 Å². The maximum absolute atomic E-state index is 12.5. The average molecular weight is 278 g/mol. The van der Waals surface area contributed by atoms with Gasteiger partial charge in [-0.1, -0.05) is 24.6 Å². The van der Waals surface area contributed by atoms with E-state index in [1.165, 1.54) is 24.6 Å². The summed E-state index contributed by atoms with van der Waals surface area (Å²) in [5, 5.41) is 0.735. The van der Waals surface area contributed by atoms with Crippen molar-refractivity contribution < 1.29 is 4.79 Å². The Morgan fingerprint density at radius 2 is 2.11 bits per heavy atom. The van der Waals surface area contributed by atoms with E-state index in [2.05, 4.69) is 9.97 Å². The van der Waals surface area contributed by atoms with E-state index in [4.69, 9.17) is 0 Å². The number of aromatic nitrogens is 2. The van der Waals surface area contributed by atoms with Gasteiger partial charge in [0.25, 0.3) is 0 Å². The molecule has 0 unspecified atom stereocenters. The van der Waals surface area contributed by atoms with Crippen molar-refractivity contribution >= 4 is 23.6 Å². The Bertz CT molecular complexity index is 501. The monoisotopic (exact) mass is 278 g/mol. The molecule has 1 aliphatic carbocycles. The molecule has 6 heteroatoms. The van der Waals surface area contributed by atoms with Gasteiger partial charge in [-0.25, -0.2) is 14.8 Å². The molecule has 1 aliphatic heterocycles. The molecule has 19 heavy (non-hydrogen) atoms. The van der Waals surface area contributed by atoms with Crippen LogP contribution in [-0.4, -0.2) is 40.2 Å². The fraction of sp³-hybridized carbons (Fsp3) is 0.615. The van der Waals surface area contributed by atoms with Gasteiger partial charge in [-0.15, -0.1) is 0 Å².